The number of hydrogen-bond donors (Lipinski definition) is 0. The molecule has 1 aliphatic carbocycles. The van der Waals surface area contributed by atoms with Crippen LogP contribution in [0.5, 0.6) is 0 Å². The summed E-state index contributed by atoms with van der Waals surface area (Å²) in [7, 11) is 1.60. The van der Waals surface area contributed by atoms with Gasteiger partial charge in [0.15, 0.2) is 0 Å². The molecule has 22 heavy (non-hydrogen) atoms. The highest BCUT2D eigenvalue weighted by atomic mass is 16.6. The van der Waals surface area contributed by atoms with Crippen molar-refractivity contribution in [1.82, 2.24) is 0 Å². The normalized spacial score (nSPS) is 44.0. The predicted octanol–water partition coefficient (Wildman–Crippen LogP) is 1.79. The average molecular weight is 304 g/mol. The lowest BCUT2D eigenvalue weighted by Gasteiger charge is -2.58. The summed E-state index contributed by atoms with van der Waals surface area (Å²) >= 11 is 0. The quantitative estimate of drug-likeness (QED) is 0.442. The maximum absolute atomic E-state index is 12.1. The Hall–Kier alpha value is -1.88. The lowest BCUT2D eigenvalue weighted by atomic mass is 9.49. The number of cyclic esters (lactones) is 1. The molecule has 0 radical (unpaired) electrons. The topological polar surface area (TPSA) is 61.8 Å². The SMILES string of the molecule is C=C[C@@]12COC(=O)C(=C)[C@]1(C)[C@H]1OC(=O)C(=C)C1C(OC)C2. The van der Waals surface area contributed by atoms with Gasteiger partial charge in [-0.2, -0.15) is 0 Å². The van der Waals surface area contributed by atoms with E-state index in [1.54, 1.807) is 13.2 Å². The van der Waals surface area contributed by atoms with E-state index in [0.29, 0.717) is 17.6 Å². The van der Waals surface area contributed by atoms with Crippen LogP contribution in [0.25, 0.3) is 0 Å². The van der Waals surface area contributed by atoms with Crippen LogP contribution < -0.4 is 0 Å². The van der Waals surface area contributed by atoms with Gasteiger partial charge in [0.2, 0.25) is 0 Å². The lowest BCUT2D eigenvalue weighted by molar-refractivity contribution is -0.190. The fourth-order valence-corrected chi connectivity index (χ4v) is 4.22. The van der Waals surface area contributed by atoms with Gasteiger partial charge in [-0.3, -0.25) is 0 Å². The third-order valence-corrected chi connectivity index (χ3v) is 5.82. The molecule has 3 aliphatic rings. The molecular formula is C17H20O5. The van der Waals surface area contributed by atoms with Gasteiger partial charge in [-0.05, 0) is 6.42 Å². The van der Waals surface area contributed by atoms with E-state index < -0.39 is 28.9 Å². The Morgan fingerprint density at radius 2 is 2.00 bits per heavy atom. The zero-order chi connectivity index (χ0) is 16.3. The van der Waals surface area contributed by atoms with Crippen molar-refractivity contribution in [2.75, 3.05) is 13.7 Å². The van der Waals surface area contributed by atoms with Gasteiger partial charge in [-0.25, -0.2) is 9.59 Å². The van der Waals surface area contributed by atoms with Crippen LogP contribution in [0, 0.1) is 16.7 Å². The summed E-state index contributed by atoms with van der Waals surface area (Å²) < 4.78 is 16.5. The molecule has 2 unspecified atom stereocenters. The minimum Gasteiger partial charge on any atom is -0.461 e. The molecule has 0 bridgehead atoms. The Bertz CT molecular complexity index is 606. The average Bonchev–Trinajstić information content (AvgIpc) is 2.81. The maximum Gasteiger partial charge on any atom is 0.334 e. The van der Waals surface area contributed by atoms with Crippen LogP contribution in [-0.4, -0.2) is 37.9 Å². The van der Waals surface area contributed by atoms with Crippen molar-refractivity contribution < 1.29 is 23.8 Å². The van der Waals surface area contributed by atoms with Crippen molar-refractivity contribution in [2.24, 2.45) is 16.7 Å². The summed E-state index contributed by atoms with van der Waals surface area (Å²) in [5.41, 5.74) is -0.656. The predicted molar refractivity (Wildman–Crippen MR) is 78.8 cm³/mol. The molecule has 0 spiro atoms. The van der Waals surface area contributed by atoms with E-state index in [1.165, 1.54) is 0 Å². The first kappa shape index (κ1) is 15.0. The molecule has 2 saturated heterocycles. The Labute approximate surface area is 129 Å². The van der Waals surface area contributed by atoms with Crippen LogP contribution >= 0.6 is 0 Å². The molecule has 1 saturated carbocycles. The first-order valence-electron chi connectivity index (χ1n) is 7.25. The molecule has 5 atom stereocenters. The molecule has 2 heterocycles. The van der Waals surface area contributed by atoms with Crippen LogP contribution in [0.4, 0.5) is 0 Å². The van der Waals surface area contributed by atoms with Crippen molar-refractivity contribution >= 4 is 11.9 Å². The van der Waals surface area contributed by atoms with Gasteiger partial charge in [0, 0.05) is 29.1 Å². The van der Waals surface area contributed by atoms with Crippen LogP contribution in [0.2, 0.25) is 0 Å². The van der Waals surface area contributed by atoms with E-state index in [9.17, 15) is 9.59 Å². The summed E-state index contributed by atoms with van der Waals surface area (Å²) in [4.78, 5) is 24.1. The minimum atomic E-state index is -0.779. The third-order valence-electron chi connectivity index (χ3n) is 5.82. The van der Waals surface area contributed by atoms with Crippen molar-refractivity contribution in [1.29, 1.82) is 0 Å². The molecule has 0 aromatic heterocycles. The molecule has 0 amide bonds. The second-order valence-electron chi connectivity index (χ2n) is 6.47. The maximum atomic E-state index is 12.1. The van der Waals surface area contributed by atoms with Crippen molar-refractivity contribution in [3.05, 3.63) is 37.0 Å². The van der Waals surface area contributed by atoms with Crippen molar-refractivity contribution in [3.8, 4) is 0 Å². The smallest absolute Gasteiger partial charge is 0.334 e. The summed E-state index contributed by atoms with van der Waals surface area (Å²) in [6, 6.07) is 0. The number of ether oxygens (including phenoxy) is 3. The van der Waals surface area contributed by atoms with Gasteiger partial charge in [0.25, 0.3) is 0 Å². The third kappa shape index (κ3) is 1.52. The highest BCUT2D eigenvalue weighted by Gasteiger charge is 2.68. The molecule has 0 N–H and O–H groups in total. The molecule has 3 rings (SSSR count). The molecule has 5 heteroatoms. The summed E-state index contributed by atoms with van der Waals surface area (Å²) in [5.74, 6) is -1.19. The zero-order valence-electron chi connectivity index (χ0n) is 12.9. The molecule has 0 aromatic carbocycles. The number of fused-ring (bicyclic) bond motifs is 3. The van der Waals surface area contributed by atoms with Gasteiger partial charge in [-0.15, -0.1) is 6.58 Å². The Morgan fingerprint density at radius 3 is 2.59 bits per heavy atom. The molecule has 0 aromatic rings. The second kappa shape index (κ2) is 4.56. The molecule has 3 fully saturated rings. The van der Waals surface area contributed by atoms with E-state index in [1.807, 2.05) is 6.92 Å². The molecule has 118 valence electrons. The van der Waals surface area contributed by atoms with Gasteiger partial charge < -0.3 is 14.2 Å². The van der Waals surface area contributed by atoms with Crippen LogP contribution in [0.15, 0.2) is 37.0 Å². The van der Waals surface area contributed by atoms with E-state index >= 15 is 0 Å². The first-order chi connectivity index (χ1) is 10.3. The van der Waals surface area contributed by atoms with Gasteiger partial charge in [0.1, 0.15) is 12.7 Å². The molecule has 2 aliphatic heterocycles. The second-order valence-corrected chi connectivity index (χ2v) is 6.47. The van der Waals surface area contributed by atoms with Crippen LogP contribution in [-0.2, 0) is 23.8 Å². The number of hydrogen-bond acceptors (Lipinski definition) is 5. The molecular weight excluding hydrogens is 284 g/mol. The van der Waals surface area contributed by atoms with E-state index in [0.717, 1.165) is 0 Å². The van der Waals surface area contributed by atoms with Gasteiger partial charge >= 0.3 is 11.9 Å². The lowest BCUT2D eigenvalue weighted by Crippen LogP contribution is -2.63. The van der Waals surface area contributed by atoms with E-state index in [-0.39, 0.29) is 18.6 Å². The fourth-order valence-electron chi connectivity index (χ4n) is 4.22. The summed E-state index contributed by atoms with van der Waals surface area (Å²) in [6.45, 7) is 13.8. The Balaban J connectivity index is 2.19. The highest BCUT2D eigenvalue weighted by Crippen LogP contribution is 2.62. The largest absolute Gasteiger partial charge is 0.461 e. The van der Waals surface area contributed by atoms with Crippen LogP contribution in [0.3, 0.4) is 0 Å². The number of rotatable bonds is 2. The first-order valence-corrected chi connectivity index (χ1v) is 7.25. The monoisotopic (exact) mass is 304 g/mol. The number of esters is 2. The number of methoxy groups -OCH3 is 1. The summed E-state index contributed by atoms with van der Waals surface area (Å²) in [5, 5.41) is 0. The minimum absolute atomic E-state index is 0.179. The fraction of sp³-hybridized carbons (Fsp3) is 0.529. The number of carbonyl (C=O) groups is 2. The molecule has 5 nitrogen and oxygen atoms in total. The summed E-state index contributed by atoms with van der Waals surface area (Å²) in [6.07, 6.45) is 1.54. The van der Waals surface area contributed by atoms with Crippen molar-refractivity contribution in [2.45, 2.75) is 25.6 Å². The van der Waals surface area contributed by atoms with E-state index in [4.69, 9.17) is 14.2 Å². The zero-order valence-corrected chi connectivity index (χ0v) is 12.9. The Morgan fingerprint density at radius 1 is 1.32 bits per heavy atom. The van der Waals surface area contributed by atoms with Gasteiger partial charge in [-0.1, -0.05) is 26.2 Å². The van der Waals surface area contributed by atoms with Crippen molar-refractivity contribution in [3.63, 3.8) is 0 Å². The van der Waals surface area contributed by atoms with E-state index in [2.05, 4.69) is 19.7 Å². The van der Waals surface area contributed by atoms with Crippen LogP contribution in [0.1, 0.15) is 13.3 Å². The van der Waals surface area contributed by atoms with Gasteiger partial charge in [0.05, 0.1) is 12.0 Å². The highest BCUT2D eigenvalue weighted by molar-refractivity contribution is 5.94. The Kier molecular flexibility index (Phi) is 3.11. The number of carbonyl (C=O) groups excluding carboxylic acids is 2. The standard InChI is InChI=1S/C17H20O5/c1-6-17-7-11(20-5)12-9(2)14(18)22-13(12)16(17,4)10(3)15(19)21-8-17/h6,11-13H,1-3,7-8H2,4-5H3/t11?,12?,13-,16+,17+/m0/s1.